The molecule has 24 heavy (non-hydrogen) atoms. The molecule has 4 saturated carbocycles. The monoisotopic (exact) mass is 346 g/mol. The summed E-state index contributed by atoms with van der Waals surface area (Å²) < 4.78 is 41.6. The molecule has 0 amide bonds. The minimum atomic E-state index is -4.13. The van der Waals surface area contributed by atoms with E-state index in [1.54, 1.807) is 0 Å². The third-order valence-corrected chi connectivity index (χ3v) is 8.28. The highest BCUT2D eigenvalue weighted by molar-refractivity contribution is 5.04. The van der Waals surface area contributed by atoms with Gasteiger partial charge in [-0.05, 0) is 73.5 Å². The number of halogens is 3. The average molecular weight is 346 g/mol. The number of fused-ring (bicyclic) bond motifs is 4. The molecule has 0 aliphatic heterocycles. The molecule has 0 aromatic heterocycles. The lowest BCUT2D eigenvalue weighted by Gasteiger charge is -2.51. The lowest BCUT2D eigenvalue weighted by molar-refractivity contribution is -0.205. The van der Waals surface area contributed by atoms with Crippen LogP contribution in [-0.4, -0.2) is 17.4 Å². The number of hydrogen-bond acceptors (Lipinski definition) is 1. The van der Waals surface area contributed by atoms with Crippen molar-refractivity contribution in [2.24, 2.45) is 28.1 Å². The van der Waals surface area contributed by atoms with Gasteiger partial charge in [0.2, 0.25) is 0 Å². The first-order valence-corrected chi connectivity index (χ1v) is 9.72. The van der Waals surface area contributed by atoms with Gasteiger partial charge in [-0.2, -0.15) is 13.2 Å². The summed E-state index contributed by atoms with van der Waals surface area (Å²) in [6.45, 7) is 6.29. The van der Waals surface area contributed by atoms with Gasteiger partial charge in [0.1, 0.15) is 0 Å². The molecule has 140 valence electrons. The van der Waals surface area contributed by atoms with Gasteiger partial charge in [-0.25, -0.2) is 0 Å². The van der Waals surface area contributed by atoms with E-state index in [2.05, 4.69) is 6.92 Å². The Balaban J connectivity index is 2.13. The van der Waals surface area contributed by atoms with Gasteiger partial charge < -0.3 is 5.11 Å². The van der Waals surface area contributed by atoms with Crippen molar-refractivity contribution in [1.82, 2.24) is 0 Å². The molecule has 6 unspecified atom stereocenters. The Morgan fingerprint density at radius 1 is 0.833 bits per heavy atom. The lowest BCUT2D eigenvalue weighted by atomic mass is 9.55. The Morgan fingerprint density at radius 3 is 2.21 bits per heavy atom. The van der Waals surface area contributed by atoms with Crippen molar-refractivity contribution in [3.8, 4) is 0 Å². The average Bonchev–Trinajstić information content (AvgIpc) is 2.41. The van der Waals surface area contributed by atoms with Gasteiger partial charge >= 0.3 is 6.18 Å². The van der Waals surface area contributed by atoms with Crippen LogP contribution in [0.2, 0.25) is 0 Å². The summed E-state index contributed by atoms with van der Waals surface area (Å²) in [4.78, 5) is 0. The van der Waals surface area contributed by atoms with E-state index in [-0.39, 0.29) is 23.7 Å². The molecule has 0 saturated heterocycles. The fourth-order valence-electron chi connectivity index (χ4n) is 6.50. The summed E-state index contributed by atoms with van der Waals surface area (Å²) in [5.74, 6) is -0.907. The van der Waals surface area contributed by atoms with Crippen LogP contribution in [0.3, 0.4) is 0 Å². The van der Waals surface area contributed by atoms with Crippen LogP contribution in [0.15, 0.2) is 0 Å². The summed E-state index contributed by atoms with van der Waals surface area (Å²) in [5.41, 5.74) is -0.907. The fraction of sp³-hybridized carbons (Fsp3) is 1.00. The van der Waals surface area contributed by atoms with Crippen molar-refractivity contribution >= 4 is 0 Å². The van der Waals surface area contributed by atoms with Crippen LogP contribution in [0.4, 0.5) is 13.2 Å². The normalized spacial score (nSPS) is 50.4. The topological polar surface area (TPSA) is 20.2 Å². The van der Waals surface area contributed by atoms with E-state index in [0.29, 0.717) is 18.8 Å². The third-order valence-electron chi connectivity index (χ3n) is 8.28. The molecular weight excluding hydrogens is 313 g/mol. The Kier molecular flexibility index (Phi) is 4.55. The van der Waals surface area contributed by atoms with Crippen LogP contribution < -0.4 is 0 Å². The highest BCUT2D eigenvalue weighted by Crippen LogP contribution is 2.63. The Bertz CT molecular complexity index is 476. The van der Waals surface area contributed by atoms with Crippen molar-refractivity contribution in [2.45, 2.75) is 97.3 Å². The SMILES string of the molecule is CC12CC(O)CC(C)(CC(C(F)(F)F)C1)C1(C)CCCCC2CC1. The third kappa shape index (κ3) is 3.12. The predicted molar refractivity (Wildman–Crippen MR) is 89.5 cm³/mol. The first-order chi connectivity index (χ1) is 11.0. The predicted octanol–water partition coefficient (Wildman–Crippen LogP) is 6.10. The van der Waals surface area contributed by atoms with Crippen LogP contribution in [0.1, 0.15) is 85.0 Å². The molecule has 0 aromatic carbocycles. The first-order valence-electron chi connectivity index (χ1n) is 9.72. The molecule has 0 heterocycles. The molecular formula is C20H33F3O. The van der Waals surface area contributed by atoms with E-state index < -0.39 is 23.6 Å². The molecule has 0 aromatic rings. The van der Waals surface area contributed by atoms with Crippen LogP contribution in [0.25, 0.3) is 0 Å². The van der Waals surface area contributed by atoms with E-state index in [0.717, 1.165) is 38.5 Å². The number of hydrogen-bond donors (Lipinski definition) is 1. The molecule has 0 radical (unpaired) electrons. The molecule has 4 rings (SSSR count). The second kappa shape index (κ2) is 5.89. The van der Waals surface area contributed by atoms with Gasteiger partial charge in [0.05, 0.1) is 12.0 Å². The molecule has 1 N–H and O–H groups in total. The largest absolute Gasteiger partial charge is 0.393 e. The van der Waals surface area contributed by atoms with Gasteiger partial charge in [-0.3, -0.25) is 0 Å². The van der Waals surface area contributed by atoms with Crippen LogP contribution in [0, 0.1) is 28.1 Å². The number of rotatable bonds is 0. The van der Waals surface area contributed by atoms with E-state index in [1.807, 2.05) is 13.8 Å². The number of aliphatic hydroxyl groups is 1. The van der Waals surface area contributed by atoms with Crippen molar-refractivity contribution in [3.63, 3.8) is 0 Å². The Labute approximate surface area is 144 Å². The standard InChI is InChI=1S/C20H33F3O/c1-17-10-15(20(21,22)23)11-19(3,13-16(24)12-17)18(2)8-5-4-6-14(17)7-9-18/h14-16,24H,4-13H2,1-3H3. The van der Waals surface area contributed by atoms with Gasteiger partial charge in [0, 0.05) is 0 Å². The highest BCUT2D eigenvalue weighted by Gasteiger charge is 2.57. The van der Waals surface area contributed by atoms with Gasteiger partial charge in [-0.15, -0.1) is 0 Å². The molecule has 4 heteroatoms. The second-order valence-electron chi connectivity index (χ2n) is 9.97. The summed E-state index contributed by atoms with van der Waals surface area (Å²) in [6.07, 6.45) is 3.17. The van der Waals surface area contributed by atoms with Crippen LogP contribution in [0.5, 0.6) is 0 Å². The van der Waals surface area contributed by atoms with Crippen LogP contribution >= 0.6 is 0 Å². The quantitative estimate of drug-likeness (QED) is 0.561. The van der Waals surface area contributed by atoms with E-state index in [1.165, 1.54) is 0 Å². The maximum atomic E-state index is 13.9. The maximum Gasteiger partial charge on any atom is 0.391 e. The summed E-state index contributed by atoms with van der Waals surface area (Å²) >= 11 is 0. The second-order valence-corrected chi connectivity index (χ2v) is 9.97. The van der Waals surface area contributed by atoms with E-state index in [4.69, 9.17) is 0 Å². The zero-order valence-corrected chi connectivity index (χ0v) is 15.4. The van der Waals surface area contributed by atoms with Gasteiger partial charge in [0.25, 0.3) is 0 Å². The minimum Gasteiger partial charge on any atom is -0.393 e. The molecule has 4 bridgehead atoms. The molecule has 6 atom stereocenters. The molecule has 0 spiro atoms. The summed E-state index contributed by atoms with van der Waals surface area (Å²) in [5, 5.41) is 10.7. The zero-order valence-electron chi connectivity index (χ0n) is 15.4. The smallest absolute Gasteiger partial charge is 0.391 e. The maximum absolute atomic E-state index is 13.9. The van der Waals surface area contributed by atoms with Crippen molar-refractivity contribution < 1.29 is 18.3 Å². The molecule has 4 aliphatic rings. The number of alkyl halides is 3. The molecule has 1 nitrogen and oxygen atoms in total. The van der Waals surface area contributed by atoms with E-state index in [9.17, 15) is 18.3 Å². The Morgan fingerprint density at radius 2 is 1.54 bits per heavy atom. The lowest BCUT2D eigenvalue weighted by Crippen LogP contribution is -2.46. The first kappa shape index (κ1) is 18.5. The summed E-state index contributed by atoms with van der Waals surface area (Å²) in [7, 11) is 0. The fourth-order valence-corrected chi connectivity index (χ4v) is 6.50. The highest BCUT2D eigenvalue weighted by atomic mass is 19.4. The Hall–Kier alpha value is -0.250. The summed E-state index contributed by atoms with van der Waals surface area (Å²) in [6, 6.07) is 0. The van der Waals surface area contributed by atoms with Gasteiger partial charge in [0.15, 0.2) is 0 Å². The number of aliphatic hydroxyl groups excluding tert-OH is 1. The molecule has 4 fully saturated rings. The van der Waals surface area contributed by atoms with E-state index >= 15 is 0 Å². The zero-order chi connectivity index (χ0) is 17.8. The molecule has 4 aliphatic carbocycles. The van der Waals surface area contributed by atoms with Crippen LogP contribution in [-0.2, 0) is 0 Å². The van der Waals surface area contributed by atoms with Gasteiger partial charge in [-0.1, -0.05) is 33.6 Å². The van der Waals surface area contributed by atoms with Crippen molar-refractivity contribution in [2.75, 3.05) is 0 Å². The minimum absolute atomic E-state index is 0.0915. The van der Waals surface area contributed by atoms with Crippen molar-refractivity contribution in [3.05, 3.63) is 0 Å². The van der Waals surface area contributed by atoms with Crippen molar-refractivity contribution in [1.29, 1.82) is 0 Å².